The first-order valence-electron chi connectivity index (χ1n) is 6.99. The maximum Gasteiger partial charge on any atom is 0.168 e. The Morgan fingerprint density at radius 1 is 1.10 bits per heavy atom. The second kappa shape index (κ2) is 5.64. The van der Waals surface area contributed by atoms with Crippen molar-refractivity contribution in [3.8, 4) is 5.75 Å². The zero-order chi connectivity index (χ0) is 14.1. The summed E-state index contributed by atoms with van der Waals surface area (Å²) in [5.41, 5.74) is -0.796. The lowest BCUT2D eigenvalue weighted by Gasteiger charge is -2.40. The molecule has 0 unspecified atom stereocenters. The van der Waals surface area contributed by atoms with Crippen LogP contribution in [-0.2, 0) is 9.47 Å². The molecule has 0 bridgehead atoms. The van der Waals surface area contributed by atoms with Crippen molar-refractivity contribution < 1.29 is 19.3 Å². The molecule has 1 aliphatic heterocycles. The highest BCUT2D eigenvalue weighted by atomic mass is 79.9. The average molecular weight is 343 g/mol. The van der Waals surface area contributed by atoms with E-state index in [4.69, 9.17) is 14.2 Å². The van der Waals surface area contributed by atoms with Gasteiger partial charge in [0.15, 0.2) is 5.79 Å². The molecule has 1 aliphatic carbocycles. The zero-order valence-electron chi connectivity index (χ0n) is 11.3. The van der Waals surface area contributed by atoms with Crippen molar-refractivity contribution >= 4 is 15.9 Å². The Hall–Kier alpha value is -0.620. The number of rotatable bonds is 3. The minimum Gasteiger partial charge on any atom is -0.489 e. The quantitative estimate of drug-likeness (QED) is 0.917. The maximum atomic E-state index is 10.6. The largest absolute Gasteiger partial charge is 0.489 e. The van der Waals surface area contributed by atoms with Gasteiger partial charge in [-0.05, 0) is 40.9 Å². The number of benzene rings is 1. The van der Waals surface area contributed by atoms with E-state index in [9.17, 15) is 5.11 Å². The molecular weight excluding hydrogens is 324 g/mol. The van der Waals surface area contributed by atoms with Crippen LogP contribution in [0.1, 0.15) is 25.7 Å². The first-order valence-corrected chi connectivity index (χ1v) is 7.78. The van der Waals surface area contributed by atoms with Crippen molar-refractivity contribution in [2.75, 3.05) is 19.8 Å². The third-order valence-electron chi connectivity index (χ3n) is 4.09. The molecular formula is C15H19BrO4. The second-order valence-electron chi connectivity index (χ2n) is 5.55. The SMILES string of the molecule is OC1(COc2ccccc2Br)CCC2(CC1)OCCO2. The molecule has 1 aromatic carbocycles. The molecule has 1 spiro atoms. The van der Waals surface area contributed by atoms with Crippen LogP contribution >= 0.6 is 15.9 Å². The van der Waals surface area contributed by atoms with Gasteiger partial charge < -0.3 is 19.3 Å². The molecule has 0 radical (unpaired) electrons. The number of hydrogen-bond donors (Lipinski definition) is 1. The minimum atomic E-state index is -0.796. The smallest absolute Gasteiger partial charge is 0.168 e. The van der Waals surface area contributed by atoms with Crippen molar-refractivity contribution in [1.29, 1.82) is 0 Å². The molecule has 0 aromatic heterocycles. The van der Waals surface area contributed by atoms with Gasteiger partial charge in [0.2, 0.25) is 0 Å². The van der Waals surface area contributed by atoms with Crippen LogP contribution in [0, 0.1) is 0 Å². The van der Waals surface area contributed by atoms with Crippen LogP contribution in [0.5, 0.6) is 5.75 Å². The third kappa shape index (κ3) is 3.01. The van der Waals surface area contributed by atoms with E-state index in [1.165, 1.54) is 0 Å². The van der Waals surface area contributed by atoms with E-state index in [0.29, 0.717) is 32.7 Å². The molecule has 2 fully saturated rings. The van der Waals surface area contributed by atoms with E-state index >= 15 is 0 Å². The third-order valence-corrected chi connectivity index (χ3v) is 4.74. The Morgan fingerprint density at radius 3 is 2.40 bits per heavy atom. The average Bonchev–Trinajstić information content (AvgIpc) is 2.91. The Bertz CT molecular complexity index is 461. The molecule has 1 saturated carbocycles. The summed E-state index contributed by atoms with van der Waals surface area (Å²) in [5.74, 6) is 0.314. The van der Waals surface area contributed by atoms with E-state index in [0.717, 1.165) is 23.1 Å². The Balaban J connectivity index is 1.57. The van der Waals surface area contributed by atoms with E-state index in [2.05, 4.69) is 15.9 Å². The Kier molecular flexibility index (Phi) is 4.04. The van der Waals surface area contributed by atoms with Gasteiger partial charge in [0.25, 0.3) is 0 Å². The molecule has 4 nitrogen and oxygen atoms in total. The Morgan fingerprint density at radius 2 is 1.75 bits per heavy atom. The van der Waals surface area contributed by atoms with Gasteiger partial charge in [-0.2, -0.15) is 0 Å². The van der Waals surface area contributed by atoms with Gasteiger partial charge in [-0.25, -0.2) is 0 Å². The summed E-state index contributed by atoms with van der Waals surface area (Å²) in [5, 5.41) is 10.6. The maximum absolute atomic E-state index is 10.6. The van der Waals surface area contributed by atoms with Gasteiger partial charge in [-0.3, -0.25) is 0 Å². The second-order valence-corrected chi connectivity index (χ2v) is 6.41. The van der Waals surface area contributed by atoms with E-state index in [1.54, 1.807) is 0 Å². The van der Waals surface area contributed by atoms with Crippen LogP contribution in [-0.4, -0.2) is 36.3 Å². The predicted molar refractivity (Wildman–Crippen MR) is 77.7 cm³/mol. The van der Waals surface area contributed by atoms with Crippen molar-refractivity contribution in [2.24, 2.45) is 0 Å². The van der Waals surface area contributed by atoms with Crippen molar-refractivity contribution in [1.82, 2.24) is 0 Å². The molecule has 0 amide bonds. The molecule has 0 atom stereocenters. The van der Waals surface area contributed by atoms with Crippen LogP contribution in [0.3, 0.4) is 0 Å². The molecule has 110 valence electrons. The molecule has 1 heterocycles. The summed E-state index contributed by atoms with van der Waals surface area (Å²) in [6, 6.07) is 7.67. The molecule has 20 heavy (non-hydrogen) atoms. The fourth-order valence-corrected chi connectivity index (χ4v) is 3.20. The summed E-state index contributed by atoms with van der Waals surface area (Å²) < 4.78 is 18.0. The topological polar surface area (TPSA) is 47.9 Å². The van der Waals surface area contributed by atoms with Crippen molar-refractivity contribution in [3.05, 3.63) is 28.7 Å². The number of aliphatic hydroxyl groups is 1. The number of para-hydroxylation sites is 1. The van der Waals surface area contributed by atoms with E-state index in [-0.39, 0.29) is 0 Å². The Labute approximate surface area is 127 Å². The molecule has 1 aromatic rings. The molecule has 2 aliphatic rings. The van der Waals surface area contributed by atoms with Crippen LogP contribution < -0.4 is 4.74 Å². The minimum absolute atomic E-state index is 0.297. The summed E-state index contributed by atoms with van der Waals surface area (Å²) >= 11 is 3.44. The van der Waals surface area contributed by atoms with Gasteiger partial charge in [0.05, 0.1) is 23.3 Å². The molecule has 3 rings (SSSR count). The highest BCUT2D eigenvalue weighted by Gasteiger charge is 2.45. The van der Waals surface area contributed by atoms with Gasteiger partial charge in [0, 0.05) is 12.8 Å². The normalized spacial score (nSPS) is 23.9. The lowest BCUT2D eigenvalue weighted by molar-refractivity contribution is -0.205. The number of hydrogen-bond acceptors (Lipinski definition) is 4. The van der Waals surface area contributed by atoms with E-state index in [1.807, 2.05) is 24.3 Å². The first kappa shape index (κ1) is 14.3. The van der Waals surface area contributed by atoms with Gasteiger partial charge in [-0.1, -0.05) is 12.1 Å². The molecule has 5 heteroatoms. The monoisotopic (exact) mass is 342 g/mol. The van der Waals surface area contributed by atoms with Crippen LogP contribution in [0.4, 0.5) is 0 Å². The number of halogens is 1. The van der Waals surface area contributed by atoms with E-state index < -0.39 is 11.4 Å². The highest BCUT2D eigenvalue weighted by Crippen LogP contribution is 2.40. The molecule has 1 saturated heterocycles. The zero-order valence-corrected chi connectivity index (χ0v) is 12.9. The van der Waals surface area contributed by atoms with Crippen molar-refractivity contribution in [3.63, 3.8) is 0 Å². The van der Waals surface area contributed by atoms with Crippen LogP contribution in [0.2, 0.25) is 0 Å². The van der Waals surface area contributed by atoms with Crippen LogP contribution in [0.15, 0.2) is 28.7 Å². The fourth-order valence-electron chi connectivity index (χ4n) is 2.80. The predicted octanol–water partition coefficient (Wildman–Crippen LogP) is 2.88. The van der Waals surface area contributed by atoms with Gasteiger partial charge >= 0.3 is 0 Å². The number of ether oxygens (including phenoxy) is 3. The summed E-state index contributed by atoms with van der Waals surface area (Å²) in [7, 11) is 0. The lowest BCUT2D eigenvalue weighted by atomic mass is 9.82. The van der Waals surface area contributed by atoms with Crippen LogP contribution in [0.25, 0.3) is 0 Å². The fraction of sp³-hybridized carbons (Fsp3) is 0.600. The molecule has 1 N–H and O–H groups in total. The van der Waals surface area contributed by atoms with Crippen molar-refractivity contribution in [2.45, 2.75) is 37.1 Å². The van der Waals surface area contributed by atoms with Gasteiger partial charge in [0.1, 0.15) is 12.4 Å². The lowest BCUT2D eigenvalue weighted by Crippen LogP contribution is -2.46. The standard InChI is InChI=1S/C15H19BrO4/c16-12-3-1-2-4-13(12)18-11-14(17)5-7-15(8-6-14)19-9-10-20-15/h1-4,17H,5-11H2. The first-order chi connectivity index (χ1) is 9.61. The summed E-state index contributed by atoms with van der Waals surface area (Å²) in [4.78, 5) is 0. The highest BCUT2D eigenvalue weighted by molar-refractivity contribution is 9.10. The summed E-state index contributed by atoms with van der Waals surface area (Å²) in [6.45, 7) is 1.61. The summed E-state index contributed by atoms with van der Waals surface area (Å²) in [6.07, 6.45) is 2.72. The van der Waals surface area contributed by atoms with Gasteiger partial charge in [-0.15, -0.1) is 0 Å².